The Bertz CT molecular complexity index is 5130. The van der Waals surface area contributed by atoms with Crippen molar-refractivity contribution in [3.8, 4) is 45.4 Å². The SMILES string of the molecule is [Pt+2].[Pt+2].[c-]1c(-n2c3[c-]c(-c4ncc5ccccn45)ccc3c3ccccc32)cccc1-n1c2ccccc2c2cccnc21.[c-]1c(-n2c3[c-]c(-c4ncn5ccccc45)ccc3c3ccccc32)cccc1-n1c2ccccc2c2cccnc21. The second kappa shape index (κ2) is 20.5. The van der Waals surface area contributed by atoms with E-state index in [1.807, 2.05) is 78.1 Å². The fourth-order valence-electron chi connectivity index (χ4n) is 12.3. The van der Waals surface area contributed by atoms with Crippen molar-refractivity contribution in [2.45, 2.75) is 0 Å². The molecule has 0 aliphatic heterocycles. The maximum Gasteiger partial charge on any atom is 2.00 e. The van der Waals surface area contributed by atoms with Crippen LogP contribution in [0.1, 0.15) is 0 Å². The quantitative estimate of drug-likeness (QED) is 0.155. The summed E-state index contributed by atoms with van der Waals surface area (Å²) in [5.74, 6) is 0.869. The monoisotopic (exact) mass is 1440 g/mol. The van der Waals surface area contributed by atoms with Crippen molar-refractivity contribution in [2.24, 2.45) is 0 Å². The van der Waals surface area contributed by atoms with E-state index in [9.17, 15) is 0 Å². The third-order valence-electron chi connectivity index (χ3n) is 15.9. The summed E-state index contributed by atoms with van der Waals surface area (Å²) in [7, 11) is 0. The average molecular weight is 1440 g/mol. The Morgan fingerprint density at radius 1 is 0.310 bits per heavy atom. The molecule has 0 saturated carbocycles. The van der Waals surface area contributed by atoms with E-state index in [2.05, 4.69) is 229 Å². The zero-order chi connectivity index (χ0) is 53.8. The van der Waals surface area contributed by atoms with Gasteiger partial charge in [-0.05, 0) is 94.6 Å². The summed E-state index contributed by atoms with van der Waals surface area (Å²) in [6.45, 7) is 0. The van der Waals surface area contributed by atoms with E-state index >= 15 is 0 Å². The van der Waals surface area contributed by atoms with Gasteiger partial charge < -0.3 is 27.1 Å². The Labute approximate surface area is 509 Å². The second-order valence-corrected chi connectivity index (χ2v) is 20.4. The third kappa shape index (κ3) is 7.93. The van der Waals surface area contributed by atoms with Crippen LogP contribution in [0.15, 0.2) is 256 Å². The molecule has 10 heterocycles. The van der Waals surface area contributed by atoms with Crippen LogP contribution in [0.25, 0.3) is 144 Å². The van der Waals surface area contributed by atoms with E-state index in [-0.39, 0.29) is 42.1 Å². The van der Waals surface area contributed by atoms with Crippen molar-refractivity contribution >= 4 is 98.5 Å². The van der Waals surface area contributed by atoms with Gasteiger partial charge in [-0.15, -0.1) is 83.9 Å². The van der Waals surface area contributed by atoms with Gasteiger partial charge in [0.15, 0.2) is 0 Å². The van der Waals surface area contributed by atoms with Crippen molar-refractivity contribution < 1.29 is 42.1 Å². The van der Waals surface area contributed by atoms with Gasteiger partial charge in [0.25, 0.3) is 0 Å². The number of imidazole rings is 2. The number of fused-ring (bicyclic) bond motifs is 14. The third-order valence-corrected chi connectivity index (χ3v) is 15.9. The second-order valence-electron chi connectivity index (χ2n) is 20.4. The molecule has 0 unspecified atom stereocenters. The molecule has 0 atom stereocenters. The molecule has 8 aromatic carbocycles. The van der Waals surface area contributed by atoms with Gasteiger partial charge in [0.1, 0.15) is 11.3 Å². The average Bonchev–Trinajstić information content (AvgIpc) is 3.24. The number of rotatable bonds is 6. The van der Waals surface area contributed by atoms with Crippen LogP contribution in [0.5, 0.6) is 0 Å². The first-order valence-corrected chi connectivity index (χ1v) is 27.2. The topological polar surface area (TPSA) is 80.1 Å². The van der Waals surface area contributed by atoms with Gasteiger partial charge >= 0.3 is 42.1 Å². The molecule has 10 aromatic heterocycles. The molecule has 0 fully saturated rings. The Kier molecular flexibility index (Phi) is 12.4. The van der Waals surface area contributed by atoms with Crippen molar-refractivity contribution in [2.75, 3.05) is 0 Å². The van der Waals surface area contributed by atoms with Gasteiger partial charge in [-0.2, -0.15) is 12.1 Å². The molecule has 0 aliphatic carbocycles. The van der Waals surface area contributed by atoms with Gasteiger partial charge in [-0.1, -0.05) is 118 Å². The molecule has 0 radical (unpaired) electrons. The number of pyridine rings is 4. The predicted octanol–water partition coefficient (Wildman–Crippen LogP) is 16.4. The standard InChI is InChI=1S/2C36H21N5.2Pt/c1-3-14-31-27(11-1)29-18-17-24(35-33-16-5-6-20-39(33)23-38-35)21-34(29)40(31)25-9-7-10-26(22-25)41-32-15-4-2-12-28(32)30-13-8-19-37-36(30)41;1-3-15-32-28(12-1)30-18-17-24(35-38-23-27-9-5-6-20-39(27)35)21-34(30)40(32)25-10-7-11-26(22-25)41-33-16-4-2-13-29(33)31-14-8-19-37-36(31)41;;/h2*1-20,23H;;/q2*-2;2*+2. The van der Waals surface area contributed by atoms with E-state index in [1.54, 1.807) is 0 Å². The number of para-hydroxylation sites is 4. The molecule has 0 amide bonds. The van der Waals surface area contributed by atoms with Gasteiger partial charge in [-0.3, -0.25) is 9.97 Å². The molecule has 18 aromatic rings. The molecule has 84 heavy (non-hydrogen) atoms. The van der Waals surface area contributed by atoms with E-state index in [4.69, 9.17) is 19.9 Å². The molecule has 0 saturated heterocycles. The molecule has 18 rings (SSSR count). The molecule has 10 nitrogen and oxygen atoms in total. The molecular formula is C72H42N10Pt2. The summed E-state index contributed by atoms with van der Waals surface area (Å²) >= 11 is 0. The summed E-state index contributed by atoms with van der Waals surface area (Å²) in [5.41, 5.74) is 16.9. The normalized spacial score (nSPS) is 11.6. The van der Waals surface area contributed by atoms with E-state index in [1.165, 1.54) is 21.5 Å². The minimum Gasteiger partial charge on any atom is -0.352 e. The van der Waals surface area contributed by atoms with Gasteiger partial charge in [0, 0.05) is 74.8 Å². The predicted molar refractivity (Wildman–Crippen MR) is 330 cm³/mol. The Hall–Kier alpha value is -9.98. The van der Waals surface area contributed by atoms with Crippen LogP contribution in [0.4, 0.5) is 0 Å². The summed E-state index contributed by atoms with van der Waals surface area (Å²) < 4.78 is 13.1. The Morgan fingerprint density at radius 2 is 0.750 bits per heavy atom. The van der Waals surface area contributed by atoms with Crippen LogP contribution in [-0.4, -0.2) is 47.0 Å². The minimum absolute atomic E-state index is 0. The first-order valence-electron chi connectivity index (χ1n) is 27.2. The van der Waals surface area contributed by atoms with E-state index in [0.29, 0.717) is 0 Å². The number of nitrogens with zero attached hydrogens (tertiary/aromatic N) is 10. The van der Waals surface area contributed by atoms with E-state index in [0.717, 1.165) is 122 Å². The molecule has 400 valence electrons. The first-order chi connectivity index (χ1) is 40.7. The van der Waals surface area contributed by atoms with Gasteiger partial charge in [0.2, 0.25) is 0 Å². The molecule has 0 N–H and O–H groups in total. The zero-order valence-corrected chi connectivity index (χ0v) is 48.9. The van der Waals surface area contributed by atoms with Crippen molar-refractivity contribution in [3.63, 3.8) is 0 Å². The molecule has 0 bridgehead atoms. The molecular weight excluding hydrogens is 1400 g/mol. The Balaban J connectivity index is 0.000000140. The van der Waals surface area contributed by atoms with Crippen molar-refractivity contribution in [1.82, 2.24) is 47.0 Å². The fraction of sp³-hybridized carbons (Fsp3) is 0. The van der Waals surface area contributed by atoms with Crippen LogP contribution in [-0.2, 0) is 42.1 Å². The summed E-state index contributed by atoms with van der Waals surface area (Å²) in [5, 5.41) is 9.25. The number of aromatic nitrogens is 10. The van der Waals surface area contributed by atoms with Crippen LogP contribution >= 0.6 is 0 Å². The summed E-state index contributed by atoms with van der Waals surface area (Å²) in [4.78, 5) is 19.0. The van der Waals surface area contributed by atoms with Gasteiger partial charge in [-0.25, -0.2) is 9.97 Å². The van der Waals surface area contributed by atoms with Crippen LogP contribution in [0, 0.1) is 24.3 Å². The summed E-state index contributed by atoms with van der Waals surface area (Å²) in [6.07, 6.45) is 11.5. The first kappa shape index (κ1) is 50.9. The summed E-state index contributed by atoms with van der Waals surface area (Å²) in [6, 6.07) is 90.6. The largest absolute Gasteiger partial charge is 2.00 e. The number of benzene rings is 8. The minimum atomic E-state index is 0. The maximum atomic E-state index is 4.77. The number of hydrogen-bond donors (Lipinski definition) is 0. The Morgan fingerprint density at radius 3 is 1.32 bits per heavy atom. The van der Waals surface area contributed by atoms with Crippen molar-refractivity contribution in [3.05, 3.63) is 280 Å². The van der Waals surface area contributed by atoms with E-state index < -0.39 is 0 Å². The van der Waals surface area contributed by atoms with Crippen LogP contribution in [0.2, 0.25) is 0 Å². The molecule has 12 heteroatoms. The molecule has 0 aliphatic rings. The maximum absolute atomic E-state index is 4.77. The zero-order valence-electron chi connectivity index (χ0n) is 44.4. The molecule has 0 spiro atoms. The smallest absolute Gasteiger partial charge is 0.352 e. The van der Waals surface area contributed by atoms with Crippen molar-refractivity contribution in [1.29, 1.82) is 0 Å². The van der Waals surface area contributed by atoms with Crippen LogP contribution in [0.3, 0.4) is 0 Å². The fourth-order valence-corrected chi connectivity index (χ4v) is 12.3. The number of hydrogen-bond acceptors (Lipinski definition) is 4. The van der Waals surface area contributed by atoms with Gasteiger partial charge in [0.05, 0.1) is 28.7 Å². The van der Waals surface area contributed by atoms with Crippen LogP contribution < -0.4 is 0 Å².